The van der Waals surface area contributed by atoms with Crippen LogP contribution in [-0.2, 0) is 9.59 Å². The fourth-order valence-corrected chi connectivity index (χ4v) is 2.66. The smallest absolute Gasteiger partial charge is 0.311 e. The molecule has 2 unspecified atom stereocenters. The summed E-state index contributed by atoms with van der Waals surface area (Å²) in [6, 6.07) is 5.52. The van der Waals surface area contributed by atoms with Crippen molar-refractivity contribution in [1.29, 1.82) is 0 Å². The summed E-state index contributed by atoms with van der Waals surface area (Å²) < 4.78 is 13.0. The first-order valence-electron chi connectivity index (χ1n) is 6.89. The Hall–Kier alpha value is -2.17. The Labute approximate surface area is 122 Å². The molecule has 2 rings (SSSR count). The van der Waals surface area contributed by atoms with E-state index in [4.69, 9.17) is 0 Å². The Morgan fingerprint density at radius 1 is 1.48 bits per heavy atom. The van der Waals surface area contributed by atoms with Crippen molar-refractivity contribution < 1.29 is 19.1 Å². The van der Waals surface area contributed by atoms with E-state index in [1.54, 1.807) is 19.1 Å². The molecule has 1 fully saturated rings. The Kier molecular flexibility index (Phi) is 4.40. The molecular weight excluding hydrogens is 273 g/mol. The lowest BCUT2D eigenvalue weighted by molar-refractivity contribution is -0.148. The van der Waals surface area contributed by atoms with Gasteiger partial charge in [-0.15, -0.1) is 0 Å². The SMILES string of the molecule is CC1(C(=O)O)CCCC1NC(=O)/C=C/c1cccc(F)c1. The van der Waals surface area contributed by atoms with Gasteiger partial charge in [-0.25, -0.2) is 4.39 Å². The highest BCUT2D eigenvalue weighted by molar-refractivity contribution is 5.92. The number of carboxylic acids is 1. The summed E-state index contributed by atoms with van der Waals surface area (Å²) >= 11 is 0. The third kappa shape index (κ3) is 3.48. The molecule has 0 heterocycles. The number of hydrogen-bond donors (Lipinski definition) is 2. The van der Waals surface area contributed by atoms with E-state index in [2.05, 4.69) is 5.32 Å². The first-order chi connectivity index (χ1) is 9.91. The van der Waals surface area contributed by atoms with Gasteiger partial charge in [0.05, 0.1) is 5.41 Å². The van der Waals surface area contributed by atoms with E-state index in [1.807, 2.05) is 0 Å². The Bertz CT molecular complexity index is 585. The molecule has 21 heavy (non-hydrogen) atoms. The van der Waals surface area contributed by atoms with Gasteiger partial charge in [0.2, 0.25) is 5.91 Å². The third-order valence-corrected chi connectivity index (χ3v) is 4.04. The normalized spacial score (nSPS) is 25.1. The minimum atomic E-state index is -0.914. The predicted octanol–water partition coefficient (Wildman–Crippen LogP) is 2.60. The van der Waals surface area contributed by atoms with Gasteiger partial charge in [-0.3, -0.25) is 9.59 Å². The molecule has 1 amide bonds. The number of rotatable bonds is 4. The maximum atomic E-state index is 13.0. The zero-order valence-corrected chi connectivity index (χ0v) is 11.8. The van der Waals surface area contributed by atoms with E-state index < -0.39 is 11.4 Å². The van der Waals surface area contributed by atoms with Crippen molar-refractivity contribution in [2.45, 2.75) is 32.2 Å². The summed E-state index contributed by atoms with van der Waals surface area (Å²) in [6.07, 6.45) is 4.80. The number of hydrogen-bond acceptors (Lipinski definition) is 2. The van der Waals surface area contributed by atoms with Gasteiger partial charge < -0.3 is 10.4 Å². The number of nitrogens with one attached hydrogen (secondary N) is 1. The molecule has 112 valence electrons. The lowest BCUT2D eigenvalue weighted by atomic mass is 9.85. The zero-order chi connectivity index (χ0) is 15.5. The van der Waals surface area contributed by atoms with Gasteiger partial charge in [0.1, 0.15) is 5.82 Å². The molecular formula is C16H18FNO3. The maximum Gasteiger partial charge on any atom is 0.311 e. The fraction of sp³-hybridized carbons (Fsp3) is 0.375. The molecule has 0 radical (unpaired) electrons. The van der Waals surface area contributed by atoms with Gasteiger partial charge in [-0.1, -0.05) is 18.6 Å². The second kappa shape index (κ2) is 6.08. The highest BCUT2D eigenvalue weighted by atomic mass is 19.1. The van der Waals surface area contributed by atoms with Crippen LogP contribution in [0.1, 0.15) is 31.7 Å². The number of carbonyl (C=O) groups excluding carboxylic acids is 1. The molecule has 0 aromatic heterocycles. The molecule has 1 saturated carbocycles. The topological polar surface area (TPSA) is 66.4 Å². The average molecular weight is 291 g/mol. The number of benzene rings is 1. The van der Waals surface area contributed by atoms with E-state index in [-0.39, 0.29) is 17.8 Å². The van der Waals surface area contributed by atoms with Crippen LogP contribution >= 0.6 is 0 Å². The molecule has 0 saturated heterocycles. The first kappa shape index (κ1) is 15.2. The lowest BCUT2D eigenvalue weighted by Gasteiger charge is -2.27. The standard InChI is InChI=1S/C16H18FNO3/c1-16(15(20)21)9-3-6-13(16)18-14(19)8-7-11-4-2-5-12(17)10-11/h2,4-5,7-8,10,13H,3,6,9H2,1H3,(H,18,19)(H,20,21)/b8-7+. The van der Waals surface area contributed by atoms with Gasteiger partial charge in [0.15, 0.2) is 0 Å². The van der Waals surface area contributed by atoms with E-state index in [0.717, 1.165) is 6.42 Å². The molecule has 0 bridgehead atoms. The molecule has 4 nitrogen and oxygen atoms in total. The Morgan fingerprint density at radius 2 is 2.24 bits per heavy atom. The predicted molar refractivity (Wildman–Crippen MR) is 77.0 cm³/mol. The van der Waals surface area contributed by atoms with Crippen molar-refractivity contribution in [2.24, 2.45) is 5.41 Å². The van der Waals surface area contributed by atoms with Crippen LogP contribution in [-0.4, -0.2) is 23.0 Å². The van der Waals surface area contributed by atoms with Crippen LogP contribution < -0.4 is 5.32 Å². The second-order valence-electron chi connectivity index (χ2n) is 5.56. The molecule has 5 heteroatoms. The first-order valence-corrected chi connectivity index (χ1v) is 6.89. The van der Waals surface area contributed by atoms with Crippen LogP contribution in [0.15, 0.2) is 30.3 Å². The molecule has 2 N–H and O–H groups in total. The molecule has 2 atom stereocenters. The highest BCUT2D eigenvalue weighted by Crippen LogP contribution is 2.38. The van der Waals surface area contributed by atoms with Crippen LogP contribution in [0.4, 0.5) is 4.39 Å². The van der Waals surface area contributed by atoms with Gasteiger partial charge in [0.25, 0.3) is 0 Å². The van der Waals surface area contributed by atoms with E-state index in [1.165, 1.54) is 24.3 Å². The van der Waals surface area contributed by atoms with Crippen molar-refractivity contribution in [3.63, 3.8) is 0 Å². The van der Waals surface area contributed by atoms with E-state index >= 15 is 0 Å². The van der Waals surface area contributed by atoms with E-state index in [0.29, 0.717) is 18.4 Å². The number of halogens is 1. The molecule has 0 aliphatic heterocycles. The van der Waals surface area contributed by atoms with Crippen LogP contribution in [0, 0.1) is 11.2 Å². The zero-order valence-electron chi connectivity index (χ0n) is 11.8. The molecule has 1 aromatic carbocycles. The Balaban J connectivity index is 2.00. The summed E-state index contributed by atoms with van der Waals surface area (Å²) in [4.78, 5) is 23.2. The summed E-state index contributed by atoms with van der Waals surface area (Å²) in [5.74, 6) is -1.62. The molecule has 1 aliphatic carbocycles. The summed E-state index contributed by atoms with van der Waals surface area (Å²) in [5, 5.41) is 12.0. The number of carboxylic acid groups (broad SMARTS) is 1. The largest absolute Gasteiger partial charge is 0.481 e. The fourth-order valence-electron chi connectivity index (χ4n) is 2.66. The quantitative estimate of drug-likeness (QED) is 0.838. The molecule has 1 aromatic rings. The van der Waals surface area contributed by atoms with Crippen molar-refractivity contribution in [1.82, 2.24) is 5.32 Å². The lowest BCUT2D eigenvalue weighted by Crippen LogP contribution is -2.46. The molecule has 0 spiro atoms. The van der Waals surface area contributed by atoms with E-state index in [9.17, 15) is 19.1 Å². The van der Waals surface area contributed by atoms with Crippen LogP contribution in [0.5, 0.6) is 0 Å². The van der Waals surface area contributed by atoms with Crippen molar-refractivity contribution >= 4 is 18.0 Å². The highest BCUT2D eigenvalue weighted by Gasteiger charge is 2.45. The van der Waals surface area contributed by atoms with Crippen molar-refractivity contribution in [3.05, 3.63) is 41.7 Å². The van der Waals surface area contributed by atoms with Gasteiger partial charge in [0, 0.05) is 12.1 Å². The van der Waals surface area contributed by atoms with Gasteiger partial charge in [-0.05, 0) is 43.5 Å². The number of amides is 1. The minimum Gasteiger partial charge on any atom is -0.481 e. The van der Waals surface area contributed by atoms with Crippen LogP contribution in [0.25, 0.3) is 6.08 Å². The minimum absolute atomic E-state index is 0.362. The average Bonchev–Trinajstić information content (AvgIpc) is 2.79. The Morgan fingerprint density at radius 3 is 2.90 bits per heavy atom. The second-order valence-corrected chi connectivity index (χ2v) is 5.56. The van der Waals surface area contributed by atoms with Gasteiger partial charge in [-0.2, -0.15) is 0 Å². The van der Waals surface area contributed by atoms with Gasteiger partial charge >= 0.3 is 5.97 Å². The van der Waals surface area contributed by atoms with Crippen molar-refractivity contribution in [2.75, 3.05) is 0 Å². The van der Waals surface area contributed by atoms with Crippen LogP contribution in [0.2, 0.25) is 0 Å². The van der Waals surface area contributed by atoms with Crippen LogP contribution in [0.3, 0.4) is 0 Å². The number of carbonyl (C=O) groups is 2. The number of aliphatic carboxylic acids is 1. The summed E-state index contributed by atoms with van der Waals surface area (Å²) in [5.41, 5.74) is -0.333. The summed E-state index contributed by atoms with van der Waals surface area (Å²) in [7, 11) is 0. The third-order valence-electron chi connectivity index (χ3n) is 4.04. The maximum absolute atomic E-state index is 13.0. The van der Waals surface area contributed by atoms with Crippen molar-refractivity contribution in [3.8, 4) is 0 Å². The summed E-state index contributed by atoms with van der Waals surface area (Å²) in [6.45, 7) is 1.66. The monoisotopic (exact) mass is 291 g/mol. The molecule has 1 aliphatic rings.